The summed E-state index contributed by atoms with van der Waals surface area (Å²) in [6.07, 6.45) is 1.81. The molecule has 27 nitrogen and oxygen atoms in total. The third-order valence-corrected chi connectivity index (χ3v) is 19.6. The van der Waals surface area contributed by atoms with Crippen LogP contribution in [0.3, 0.4) is 0 Å². The van der Waals surface area contributed by atoms with E-state index in [1.165, 1.54) is 86.5 Å². The summed E-state index contributed by atoms with van der Waals surface area (Å²) in [5.41, 5.74) is 5.89. The van der Waals surface area contributed by atoms with Crippen LogP contribution in [0.2, 0.25) is 0 Å². The molecule has 546 valence electrons. The zero-order chi connectivity index (χ0) is 73.7. The highest BCUT2D eigenvalue weighted by Crippen LogP contribution is 2.32. The molecule has 102 heavy (non-hydrogen) atoms. The molecule has 2 saturated heterocycles. The first-order valence-electron chi connectivity index (χ1n) is 34.5. The molecular weight excluding hydrogens is 1320 g/mol. The number of halogens is 2. The molecule has 6 heterocycles. The summed E-state index contributed by atoms with van der Waals surface area (Å²) >= 11 is 0. The summed E-state index contributed by atoms with van der Waals surface area (Å²) in [4.78, 5) is 169. The monoisotopic (exact) mass is 1410 g/mol. The number of unbranched alkanes of at least 4 members (excludes halogenated alkanes) is 1. The van der Waals surface area contributed by atoms with Crippen LogP contribution in [0.25, 0.3) is 21.8 Å². The summed E-state index contributed by atoms with van der Waals surface area (Å²) in [6, 6.07) is 11.5. The van der Waals surface area contributed by atoms with E-state index in [9.17, 15) is 38.3 Å². The van der Waals surface area contributed by atoms with E-state index in [4.69, 9.17) is 10.5 Å². The van der Waals surface area contributed by atoms with Gasteiger partial charge in [0, 0.05) is 86.6 Å². The molecule has 11 amide bonds. The lowest BCUT2D eigenvalue weighted by Crippen LogP contribution is -2.68. The van der Waals surface area contributed by atoms with Crippen molar-refractivity contribution in [1.82, 2.24) is 67.6 Å². The van der Waals surface area contributed by atoms with Crippen LogP contribution < -0.4 is 58.3 Å². The van der Waals surface area contributed by atoms with Gasteiger partial charge in [0.15, 0.2) is 0 Å². The second kappa shape index (κ2) is 33.5. The average Bonchev–Trinajstić information content (AvgIpc) is 1.56. The molecule has 4 aliphatic heterocycles. The highest BCUT2D eigenvalue weighted by Gasteiger charge is 2.50. The summed E-state index contributed by atoms with van der Waals surface area (Å²) in [5, 5.41) is 36.9. The fraction of sp³-hybridized carbons (Fsp3) is 0.466. The maximum atomic E-state index is 15.7. The molecule has 0 aliphatic carbocycles. The molecule has 11 atom stereocenters. The van der Waals surface area contributed by atoms with E-state index in [1.807, 2.05) is 12.1 Å². The predicted molar refractivity (Wildman–Crippen MR) is 373 cm³/mol. The van der Waals surface area contributed by atoms with E-state index in [0.29, 0.717) is 75.5 Å². The number of methoxy groups -OCH3 is 1. The number of aliphatic hydroxyl groups is 1. The lowest BCUT2D eigenvalue weighted by Gasteiger charge is -2.39. The van der Waals surface area contributed by atoms with Gasteiger partial charge < -0.3 is 83.2 Å². The maximum absolute atomic E-state index is 15.7. The maximum Gasteiger partial charge on any atom is 0.248 e. The predicted octanol–water partition coefficient (Wildman–Crippen LogP) is 2.29. The second-order valence-corrected chi connectivity index (χ2v) is 27.3. The van der Waals surface area contributed by atoms with E-state index in [1.54, 1.807) is 50.2 Å². The third-order valence-electron chi connectivity index (χ3n) is 19.6. The number of nitrogens with one attached hydrogen (secondary N) is 11. The molecule has 6 aromatic rings. The minimum absolute atomic E-state index is 0.00983. The lowest BCUT2D eigenvalue weighted by molar-refractivity contribution is -0.148. The van der Waals surface area contributed by atoms with Crippen LogP contribution in [-0.2, 0) is 85.0 Å². The number of amides is 11. The summed E-state index contributed by atoms with van der Waals surface area (Å²) in [6.45, 7) is 8.88. The number of nitrogens with two attached hydrogens (primary N) is 1. The van der Waals surface area contributed by atoms with Gasteiger partial charge in [-0.1, -0.05) is 43.3 Å². The fourth-order valence-electron chi connectivity index (χ4n) is 13.4. The third kappa shape index (κ3) is 18.4. The van der Waals surface area contributed by atoms with Crippen LogP contribution in [0.1, 0.15) is 114 Å². The number of H-pyrrole nitrogens is 2. The molecule has 2 fully saturated rings. The Morgan fingerprint density at radius 2 is 1.29 bits per heavy atom. The minimum Gasteiger partial charge on any atom is -0.497 e. The van der Waals surface area contributed by atoms with Crippen molar-refractivity contribution in [1.29, 1.82) is 0 Å². The number of ether oxygens (including phenoxy) is 1. The van der Waals surface area contributed by atoms with Gasteiger partial charge in [-0.15, -0.1) is 0 Å². The summed E-state index contributed by atoms with van der Waals surface area (Å²) in [7, 11) is 1.49. The number of rotatable bonds is 13. The number of hydrogen-bond donors (Lipinski definition) is 13. The van der Waals surface area contributed by atoms with Crippen molar-refractivity contribution in [3.05, 3.63) is 137 Å². The lowest BCUT2D eigenvalue weighted by atomic mass is 9.91. The van der Waals surface area contributed by atoms with Crippen LogP contribution in [0.5, 0.6) is 5.75 Å². The van der Waals surface area contributed by atoms with Crippen LogP contribution in [0, 0.1) is 17.6 Å². The van der Waals surface area contributed by atoms with Crippen molar-refractivity contribution in [2.24, 2.45) is 11.7 Å². The van der Waals surface area contributed by atoms with Crippen LogP contribution in [0.4, 0.5) is 8.78 Å². The van der Waals surface area contributed by atoms with Crippen LogP contribution >= 0.6 is 0 Å². The van der Waals surface area contributed by atoms with Crippen molar-refractivity contribution < 1.29 is 71.4 Å². The Labute approximate surface area is 589 Å². The number of fused-ring (bicyclic) bond motifs is 30. The van der Waals surface area contributed by atoms with Gasteiger partial charge in [-0.2, -0.15) is 0 Å². The van der Waals surface area contributed by atoms with Crippen molar-refractivity contribution in [3.63, 3.8) is 0 Å². The molecular formula is C73H92F2N14O13. The van der Waals surface area contributed by atoms with Crippen LogP contribution in [0.15, 0.2) is 97.3 Å². The first-order chi connectivity index (χ1) is 48.6. The Kier molecular flexibility index (Phi) is 24.9. The SMILES string of the molecule is COc1ccc(C[C@@H]2NC(=O)[C@](C)([C@@H](C)O)NC(=O)[C@@H]3C[C@H](C)CN3C(=O)[C@H](Cc3c[nH]c4ccc(F)cc34)NC(=O)[C@H](Cc3c[nH]c4ccc(F)cc34)NC(=O)[C@@H](C)NC(=O)[C@H](CCCCN)NC(=O)[C@@H](NC(C)=O)CC(=O)NCc3ccc(cc3)CCNC(=O)[C@]3(C)CCCN3C2=O)cc1. The smallest absolute Gasteiger partial charge is 0.248 e. The van der Waals surface area contributed by atoms with Gasteiger partial charge in [0.25, 0.3) is 0 Å². The Bertz CT molecular complexity index is 4090. The first-order valence-corrected chi connectivity index (χ1v) is 34.5. The molecule has 10 rings (SSSR count). The molecule has 0 radical (unpaired) electrons. The zero-order valence-corrected chi connectivity index (χ0v) is 58.3. The number of nitrogens with zero attached hydrogens (tertiary/aromatic N) is 2. The quantitative estimate of drug-likeness (QED) is 0.0583. The second-order valence-electron chi connectivity index (χ2n) is 27.3. The van der Waals surface area contributed by atoms with E-state index >= 15 is 28.4 Å². The first kappa shape index (κ1) is 75.9. The van der Waals surface area contributed by atoms with Crippen molar-refractivity contribution in [3.8, 4) is 5.75 Å². The summed E-state index contributed by atoms with van der Waals surface area (Å²) in [5.74, 6) is -9.87. The van der Waals surface area contributed by atoms with E-state index < -0.39 is 148 Å². The molecule has 0 spiro atoms. The Hall–Kier alpha value is -10.3. The molecule has 4 aliphatic rings. The van der Waals surface area contributed by atoms with Crippen LogP contribution in [-0.4, -0.2) is 183 Å². The van der Waals surface area contributed by atoms with Crippen molar-refractivity contribution >= 4 is 86.8 Å². The highest BCUT2D eigenvalue weighted by atomic mass is 19.1. The molecule has 4 aromatic carbocycles. The molecule has 0 unspecified atom stereocenters. The van der Waals surface area contributed by atoms with Gasteiger partial charge in [-0.25, -0.2) is 8.78 Å². The Morgan fingerprint density at radius 1 is 0.696 bits per heavy atom. The van der Waals surface area contributed by atoms with Gasteiger partial charge in [0.1, 0.15) is 70.8 Å². The number of aliphatic hydroxyl groups excluding tert-OH is 1. The number of aromatic nitrogens is 2. The van der Waals surface area contributed by atoms with Gasteiger partial charge in [0.2, 0.25) is 65.0 Å². The molecule has 2 bridgehead atoms. The molecule has 2 aromatic heterocycles. The van der Waals surface area contributed by atoms with Crippen molar-refractivity contribution in [2.75, 3.05) is 33.3 Å². The highest BCUT2D eigenvalue weighted by molar-refractivity contribution is 6.01. The molecule has 29 heteroatoms. The topological polar surface area (TPSA) is 390 Å². The standard InChI is InChI=1S/C73H92F2N14O13/c1-40-29-61-67(97)87-73(6,42(3)90)71(101)86-59(30-45-16-20-51(102-7)21-17-45)69(99)89-28-10-25-72(89,5)70(100)77-27-24-44-12-14-46(15-13-44)36-80-62(92)35-58(82-43(4)91)66(96)83-56(11-8-9-26-76)64(94)81-41(2)63(93)84-57(31-47-37-78-54-22-18-49(74)33-52(47)54)65(95)85-60(68(98)88(61)39-40)32-48-38-79-55-23-19-50(75)34-53(48)55/h12-23,33-34,37-38,40-42,56-61,78-79,90H,8-11,24-32,35-36,39,76H2,1-7H3,(H,77,100)(H,80,92)(H,81,94)(H,82,91)(H,83,96)(H,84,93)(H,85,95)(H,86,101)(H,87,97)/t40-,41+,42+,56-,57-,58-,59-,60-,61-,72-,73-/m0/s1. The average molecular weight is 1410 g/mol. The van der Waals surface area contributed by atoms with Gasteiger partial charge in [-0.05, 0) is 161 Å². The zero-order valence-electron chi connectivity index (χ0n) is 58.3. The van der Waals surface area contributed by atoms with Crippen molar-refractivity contribution in [2.45, 2.75) is 178 Å². The minimum atomic E-state index is -2.21. The molecule has 14 N–H and O–H groups in total. The van der Waals surface area contributed by atoms with E-state index in [0.717, 1.165) is 12.5 Å². The normalized spacial score (nSPS) is 25.6. The number of carbonyl (C=O) groups excluding carboxylic acids is 11. The summed E-state index contributed by atoms with van der Waals surface area (Å²) < 4.78 is 35.5. The Morgan fingerprint density at radius 3 is 1.91 bits per heavy atom. The number of aromatic amines is 2. The number of carbonyl (C=O) groups is 11. The fourth-order valence-corrected chi connectivity index (χ4v) is 13.4. The van der Waals surface area contributed by atoms with Gasteiger partial charge in [0.05, 0.1) is 19.6 Å². The van der Waals surface area contributed by atoms with E-state index in [-0.39, 0.29) is 71.2 Å². The van der Waals surface area contributed by atoms with E-state index in [2.05, 4.69) is 57.8 Å². The molecule has 0 saturated carbocycles. The largest absolute Gasteiger partial charge is 0.497 e. The number of benzene rings is 4. The van der Waals surface area contributed by atoms with Gasteiger partial charge in [-0.3, -0.25) is 52.7 Å². The van der Waals surface area contributed by atoms with Gasteiger partial charge >= 0.3 is 0 Å². The number of hydrogen-bond acceptors (Lipinski definition) is 14. The Balaban J connectivity index is 1.08.